The van der Waals surface area contributed by atoms with E-state index < -0.39 is 0 Å². The molecule has 0 aromatic heterocycles. The molecule has 0 aliphatic heterocycles. The maximum atomic E-state index is 2.04. The van der Waals surface area contributed by atoms with E-state index in [9.17, 15) is 0 Å². The molecule has 0 aliphatic rings. The molecule has 0 nitrogen and oxygen atoms in total. The van der Waals surface area contributed by atoms with E-state index in [-0.39, 0.29) is 51.2 Å². The van der Waals surface area contributed by atoms with Crippen LogP contribution in [0.2, 0.25) is 0 Å². The van der Waals surface area contributed by atoms with Crippen LogP contribution in [0.15, 0.2) is 0 Å². The summed E-state index contributed by atoms with van der Waals surface area (Å²) in [5.74, 6) is 0. The third-order valence-corrected chi connectivity index (χ3v) is 0. The number of hydrogen-bond acceptors (Lipinski definition) is 0. The topological polar surface area (TPSA) is 0 Å². The number of hydrogen-bond donors (Lipinski definition) is 0. The van der Waals surface area contributed by atoms with Crippen LogP contribution in [0.1, 0.15) is 0 Å². The Kier molecular flexibility index (Phi) is 63.6. The van der Waals surface area contributed by atoms with Crippen LogP contribution in [0.5, 0.6) is 0 Å². The first-order chi connectivity index (χ1) is 1.00. The van der Waals surface area contributed by atoms with Gasteiger partial charge in [0.1, 0.15) is 0 Å². The summed E-state index contributed by atoms with van der Waals surface area (Å²) in [5, 5.41) is 0. The average Bonchev–Trinajstić information content (AvgIpc) is 1.00. The second kappa shape index (κ2) is 16.2. The zero-order valence-corrected chi connectivity index (χ0v) is 13.8. The molecule has 0 unspecified atom stereocenters. The van der Waals surface area contributed by atoms with Gasteiger partial charge in [-0.1, -0.05) is 0 Å². The van der Waals surface area contributed by atoms with Gasteiger partial charge in [0.25, 0.3) is 0 Å². The zero-order chi connectivity index (χ0) is 2.00. The fraction of sp³-hybridized carbons (Fsp3) is 0. The molecule has 0 saturated carbocycles. The van der Waals surface area contributed by atoms with Crippen LogP contribution in [0.3, 0.4) is 0 Å². The van der Waals surface area contributed by atoms with Crippen molar-refractivity contribution in [2.45, 2.75) is 0 Å². The quantitative estimate of drug-likeness (QED) is 0.310. The van der Waals surface area contributed by atoms with Gasteiger partial charge >= 0.3 is 35.7 Å². The molecule has 0 fully saturated rings. The predicted octanol–water partition coefficient (Wildman–Crippen LogP) is -1.52. The summed E-state index contributed by atoms with van der Waals surface area (Å²) in [6, 6.07) is 0. The standard InChI is InChI=1S/Pb.2Sn.Te. The van der Waals surface area contributed by atoms with E-state index in [1.165, 1.54) is 0 Å². The van der Waals surface area contributed by atoms with Gasteiger partial charge in [0.2, 0.25) is 0 Å². The fourth-order valence-electron chi connectivity index (χ4n) is 0. The first-order valence-corrected chi connectivity index (χ1v) is 9.19. The normalized spacial score (nSPS) is 1.00. The van der Waals surface area contributed by atoms with E-state index in [1.54, 1.807) is 18.0 Å². The van der Waals surface area contributed by atoms with E-state index in [0.29, 0.717) is 0 Å². The van der Waals surface area contributed by atoms with Crippen LogP contribution >= 0.6 is 0 Å². The van der Waals surface area contributed by atoms with Gasteiger partial charge in [-0.25, -0.2) is 0 Å². The van der Waals surface area contributed by atoms with E-state index in [2.05, 4.69) is 0 Å². The van der Waals surface area contributed by atoms with Crippen molar-refractivity contribution in [3.63, 3.8) is 0 Å². The number of rotatable bonds is 0. The molecule has 18 valence electrons. The van der Waals surface area contributed by atoms with Gasteiger partial charge < -0.3 is 0 Å². The SMILES string of the molecule is [Pb].[Sn].[Sn]=[Te]. The Balaban J connectivity index is -0.00000000500. The summed E-state index contributed by atoms with van der Waals surface area (Å²) in [4.78, 5) is 0. The summed E-state index contributed by atoms with van der Waals surface area (Å²) in [6.07, 6.45) is 0. The molecule has 4 heteroatoms. The minimum absolute atomic E-state index is 0. The van der Waals surface area contributed by atoms with E-state index in [1.807, 2.05) is 17.7 Å². The Morgan fingerprint density at radius 2 is 1.25 bits per heavy atom. The molecule has 0 aromatic rings. The van der Waals surface area contributed by atoms with Gasteiger partial charge in [0, 0.05) is 51.2 Å². The third kappa shape index (κ3) is 9.00. The second-order valence-electron chi connectivity index (χ2n) is 0. The molecule has 0 rings (SSSR count). The summed E-state index contributed by atoms with van der Waals surface area (Å²) >= 11 is 3.60. The molecule has 0 heterocycles. The summed E-state index contributed by atoms with van der Waals surface area (Å²) in [6.45, 7) is 0. The van der Waals surface area contributed by atoms with Crippen molar-refractivity contribution in [3.8, 4) is 0 Å². The van der Waals surface area contributed by atoms with Crippen molar-refractivity contribution >= 4 is 86.9 Å². The van der Waals surface area contributed by atoms with Crippen LogP contribution in [0, 0.1) is 0 Å². The monoisotopic (exact) mass is 578 g/mol. The summed E-state index contributed by atoms with van der Waals surface area (Å²) in [7, 11) is 0. The Morgan fingerprint density at radius 1 is 1.25 bits per heavy atom. The van der Waals surface area contributed by atoms with Gasteiger partial charge in [0.05, 0.1) is 0 Å². The predicted molar refractivity (Wildman–Crippen MR) is 23.0 cm³/mol. The second-order valence-corrected chi connectivity index (χ2v) is 0. The van der Waals surface area contributed by atoms with Gasteiger partial charge in [-0.05, 0) is 0 Å². The summed E-state index contributed by atoms with van der Waals surface area (Å²) in [5.41, 5.74) is 0. The Hall–Kier alpha value is 3.31. The molecular formula is PbSn2Te. The van der Waals surface area contributed by atoms with Crippen molar-refractivity contribution in [2.75, 3.05) is 0 Å². The fourth-order valence-corrected chi connectivity index (χ4v) is 0. The molecule has 0 bridgehead atoms. The van der Waals surface area contributed by atoms with Crippen LogP contribution < -0.4 is 0 Å². The molecule has 0 N–H and O–H groups in total. The molecular weight excluding hydrogens is 572 g/mol. The Morgan fingerprint density at radius 3 is 1.25 bits per heavy atom. The zero-order valence-electron chi connectivity index (χ0n) is 1.91. The molecule has 0 amide bonds. The van der Waals surface area contributed by atoms with Crippen molar-refractivity contribution < 1.29 is 0 Å². The van der Waals surface area contributed by atoms with Gasteiger partial charge in [0.15, 0.2) is 0 Å². The van der Waals surface area contributed by atoms with Crippen LogP contribution in [0.4, 0.5) is 0 Å². The molecule has 0 spiro atoms. The van der Waals surface area contributed by atoms with E-state index >= 15 is 0 Å². The van der Waals surface area contributed by atoms with Crippen molar-refractivity contribution in [3.05, 3.63) is 0 Å². The molecule has 0 aromatic carbocycles. The van der Waals surface area contributed by atoms with Crippen LogP contribution in [0.25, 0.3) is 0 Å². The van der Waals surface area contributed by atoms with Gasteiger partial charge in [-0.3, -0.25) is 0 Å². The Labute approximate surface area is 84.8 Å². The van der Waals surface area contributed by atoms with E-state index in [0.717, 1.165) is 0 Å². The van der Waals surface area contributed by atoms with Crippen molar-refractivity contribution in [2.24, 2.45) is 0 Å². The first kappa shape index (κ1) is 15.7. The minimum atomic E-state index is 0. The molecule has 0 atom stereocenters. The summed E-state index contributed by atoms with van der Waals surface area (Å²) < 4.78 is 0. The molecule has 10 radical (unpaired) electrons. The molecule has 4 heavy (non-hydrogen) atoms. The van der Waals surface area contributed by atoms with Gasteiger partial charge in [-0.2, -0.15) is 0 Å². The maximum absolute atomic E-state index is 2.04. The van der Waals surface area contributed by atoms with Crippen molar-refractivity contribution in [1.82, 2.24) is 0 Å². The van der Waals surface area contributed by atoms with Crippen LogP contribution in [-0.2, 0) is 0 Å². The Bertz CT molecular complexity index is 6.00. The first-order valence-electron chi connectivity index (χ1n) is 0.204. The average molecular weight is 572 g/mol. The molecule has 0 saturated heterocycles. The van der Waals surface area contributed by atoms with Crippen molar-refractivity contribution in [1.29, 1.82) is 0 Å². The molecule has 0 aliphatic carbocycles. The van der Waals surface area contributed by atoms with Crippen LogP contribution in [-0.4, -0.2) is 86.9 Å². The van der Waals surface area contributed by atoms with E-state index in [4.69, 9.17) is 0 Å². The third-order valence-electron chi connectivity index (χ3n) is 0. The van der Waals surface area contributed by atoms with Gasteiger partial charge in [-0.15, -0.1) is 0 Å².